The number of carbonyl (C=O) groups is 1. The first-order valence-electron chi connectivity index (χ1n) is 14.7. The first-order valence-corrected chi connectivity index (χ1v) is 16.4. The minimum atomic E-state index is -0.196. The number of rotatable bonds is 7. The van der Waals surface area contributed by atoms with Crippen LogP contribution in [0.5, 0.6) is 0 Å². The summed E-state index contributed by atoms with van der Waals surface area (Å²) in [5.41, 5.74) is 6.84. The minimum absolute atomic E-state index is 0.148. The summed E-state index contributed by atoms with van der Waals surface area (Å²) in [6.07, 6.45) is 7.24. The zero-order valence-corrected chi connectivity index (χ0v) is 25.7. The molecule has 216 valence electrons. The summed E-state index contributed by atoms with van der Waals surface area (Å²) in [5, 5.41) is 15.7. The summed E-state index contributed by atoms with van der Waals surface area (Å²) in [4.78, 5) is 26.6. The molecule has 1 fully saturated rings. The number of hydrogen-bond acceptors (Lipinski definition) is 8. The first kappa shape index (κ1) is 28.4. The van der Waals surface area contributed by atoms with Crippen LogP contribution in [0.3, 0.4) is 0 Å². The van der Waals surface area contributed by atoms with Crippen LogP contribution in [0.2, 0.25) is 0 Å². The van der Waals surface area contributed by atoms with Crippen LogP contribution in [0.25, 0.3) is 21.5 Å². The van der Waals surface area contributed by atoms with Crippen LogP contribution in [-0.4, -0.2) is 56.0 Å². The molecule has 1 saturated heterocycles. The third kappa shape index (κ3) is 6.53. The lowest BCUT2D eigenvalue weighted by Gasteiger charge is -2.34. The molecule has 6 rings (SSSR count). The van der Waals surface area contributed by atoms with Gasteiger partial charge < -0.3 is 15.3 Å². The second-order valence-corrected chi connectivity index (χ2v) is 14.3. The predicted molar refractivity (Wildman–Crippen MR) is 166 cm³/mol. The van der Waals surface area contributed by atoms with E-state index in [9.17, 15) is 9.90 Å². The number of carbonyl (C=O) groups excluding carboxylic acids is 1. The fraction of sp³-hybridized carbons (Fsp3) is 0.500. The van der Waals surface area contributed by atoms with E-state index in [0.717, 1.165) is 85.2 Å². The number of aliphatic hydroxyl groups is 1. The Morgan fingerprint density at radius 1 is 1.12 bits per heavy atom. The van der Waals surface area contributed by atoms with E-state index in [4.69, 9.17) is 9.97 Å². The number of aliphatic hydroxyl groups excluding tert-OH is 1. The summed E-state index contributed by atoms with van der Waals surface area (Å²) in [5.74, 6) is 0.477. The number of pyridine rings is 1. The predicted octanol–water partition coefficient (Wildman–Crippen LogP) is 6.28. The van der Waals surface area contributed by atoms with Crippen molar-refractivity contribution in [1.82, 2.24) is 24.6 Å². The van der Waals surface area contributed by atoms with Crippen molar-refractivity contribution in [2.75, 3.05) is 19.6 Å². The van der Waals surface area contributed by atoms with E-state index < -0.39 is 0 Å². The number of benzene rings is 1. The molecule has 1 aliphatic carbocycles. The monoisotopic (exact) mass is 589 g/mol. The van der Waals surface area contributed by atoms with Gasteiger partial charge in [-0.3, -0.25) is 4.79 Å². The fourth-order valence-corrected chi connectivity index (χ4v) is 7.49. The van der Waals surface area contributed by atoms with Gasteiger partial charge in [0.15, 0.2) is 5.01 Å². The van der Waals surface area contributed by atoms with Crippen LogP contribution in [0.4, 0.5) is 0 Å². The van der Waals surface area contributed by atoms with Gasteiger partial charge in [0.25, 0.3) is 5.91 Å². The standard InChI is InChI=1S/C32H39N5O2S2/c1-32(2,3)24-8-9-26-22(16-24)17-28-30(35-26)41-31(36-28)29(39)34-27(12-15-37-13-10-25(38)11-14-37)21-6-4-20(5-7-21)23-18-33-40-19-23/h4-7,17-19,24-25,27,38H,8-16H2,1-3H3,(H,34,39)/t24-,27?/m0/s1. The second kappa shape index (κ2) is 11.9. The molecule has 1 aliphatic heterocycles. The minimum Gasteiger partial charge on any atom is -0.393 e. The van der Waals surface area contributed by atoms with Gasteiger partial charge >= 0.3 is 0 Å². The molecule has 1 unspecified atom stereocenters. The Hall–Kier alpha value is -2.72. The van der Waals surface area contributed by atoms with E-state index >= 15 is 0 Å². The van der Waals surface area contributed by atoms with Crippen LogP contribution in [-0.2, 0) is 12.8 Å². The Balaban J connectivity index is 1.21. The number of aromatic nitrogens is 3. The summed E-state index contributed by atoms with van der Waals surface area (Å²) in [6, 6.07) is 10.4. The quantitative estimate of drug-likeness (QED) is 0.264. The maximum absolute atomic E-state index is 13.6. The zero-order chi connectivity index (χ0) is 28.6. The molecule has 0 spiro atoms. The first-order chi connectivity index (χ1) is 19.7. The normalized spacial score (nSPS) is 19.3. The number of fused-ring (bicyclic) bond motifs is 2. The smallest absolute Gasteiger partial charge is 0.280 e. The molecule has 3 aromatic heterocycles. The van der Waals surface area contributed by atoms with E-state index in [2.05, 4.69) is 65.7 Å². The molecule has 1 amide bonds. The van der Waals surface area contributed by atoms with Crippen molar-refractivity contribution >= 4 is 39.1 Å². The Kier molecular flexibility index (Phi) is 8.23. The molecule has 0 radical (unpaired) electrons. The van der Waals surface area contributed by atoms with Gasteiger partial charge in [0, 0.05) is 42.5 Å². The number of nitrogens with one attached hydrogen (secondary N) is 1. The Bertz CT molecular complexity index is 1490. The SMILES string of the molecule is CC(C)(C)[C@H]1CCc2nc3sc(C(=O)NC(CCN4CCC(O)CC4)c4ccc(-c5cnsc5)cc4)nc3cc2C1. The highest BCUT2D eigenvalue weighted by molar-refractivity contribution is 7.19. The van der Waals surface area contributed by atoms with Gasteiger partial charge in [0.2, 0.25) is 0 Å². The molecule has 0 saturated carbocycles. The van der Waals surface area contributed by atoms with Crippen molar-refractivity contribution in [3.8, 4) is 11.1 Å². The Morgan fingerprint density at radius 2 is 1.90 bits per heavy atom. The van der Waals surface area contributed by atoms with E-state index in [1.807, 2.05) is 11.6 Å². The molecule has 2 atom stereocenters. The number of thiazole rings is 1. The highest BCUT2D eigenvalue weighted by Crippen LogP contribution is 2.38. The maximum Gasteiger partial charge on any atom is 0.280 e. The third-order valence-corrected chi connectivity index (χ3v) is 10.4. The van der Waals surface area contributed by atoms with Crippen molar-refractivity contribution < 1.29 is 9.90 Å². The van der Waals surface area contributed by atoms with E-state index in [-0.39, 0.29) is 23.5 Å². The highest BCUT2D eigenvalue weighted by atomic mass is 32.1. The van der Waals surface area contributed by atoms with Gasteiger partial charge in [-0.25, -0.2) is 14.3 Å². The van der Waals surface area contributed by atoms with E-state index in [0.29, 0.717) is 10.9 Å². The van der Waals surface area contributed by atoms with Crippen LogP contribution in [0.1, 0.15) is 79.1 Å². The lowest BCUT2D eigenvalue weighted by molar-refractivity contribution is 0.0795. The van der Waals surface area contributed by atoms with Crippen LogP contribution < -0.4 is 5.32 Å². The van der Waals surface area contributed by atoms with Gasteiger partial charge in [0.05, 0.1) is 12.1 Å². The van der Waals surface area contributed by atoms with Crippen LogP contribution in [0, 0.1) is 11.3 Å². The average molecular weight is 590 g/mol. The number of aryl methyl sites for hydroxylation is 1. The summed E-state index contributed by atoms with van der Waals surface area (Å²) in [6.45, 7) is 9.58. The number of hydrogen-bond donors (Lipinski definition) is 2. The fourth-order valence-electron chi connectivity index (χ4n) is 6.10. The largest absolute Gasteiger partial charge is 0.393 e. The number of likely N-dealkylation sites (tertiary alicyclic amines) is 1. The molecule has 9 heteroatoms. The molecule has 7 nitrogen and oxygen atoms in total. The topological polar surface area (TPSA) is 91.2 Å². The van der Waals surface area contributed by atoms with Crippen molar-refractivity contribution in [3.63, 3.8) is 0 Å². The number of piperidine rings is 1. The molecule has 1 aromatic carbocycles. The Morgan fingerprint density at radius 3 is 2.61 bits per heavy atom. The summed E-state index contributed by atoms with van der Waals surface area (Å²) < 4.78 is 4.22. The zero-order valence-electron chi connectivity index (χ0n) is 24.1. The molecule has 41 heavy (non-hydrogen) atoms. The van der Waals surface area contributed by atoms with Gasteiger partial charge in [0.1, 0.15) is 10.3 Å². The average Bonchev–Trinajstić information content (AvgIpc) is 3.64. The van der Waals surface area contributed by atoms with Gasteiger partial charge in [-0.1, -0.05) is 56.4 Å². The third-order valence-electron chi connectivity index (χ3n) is 8.84. The van der Waals surface area contributed by atoms with Crippen molar-refractivity contribution in [1.29, 1.82) is 0 Å². The lowest BCUT2D eigenvalue weighted by atomic mass is 9.71. The number of amides is 1. The Labute approximate surface area is 250 Å². The summed E-state index contributed by atoms with van der Waals surface area (Å²) >= 11 is 2.83. The highest BCUT2D eigenvalue weighted by Gasteiger charge is 2.30. The molecule has 0 bridgehead atoms. The van der Waals surface area contributed by atoms with Gasteiger partial charge in [-0.05, 0) is 84.1 Å². The molecule has 4 aromatic rings. The van der Waals surface area contributed by atoms with Crippen LogP contribution >= 0.6 is 22.9 Å². The van der Waals surface area contributed by atoms with Gasteiger partial charge in [-0.15, -0.1) is 0 Å². The molecule has 4 heterocycles. The van der Waals surface area contributed by atoms with Gasteiger partial charge in [-0.2, -0.15) is 0 Å². The van der Waals surface area contributed by atoms with Crippen molar-refractivity contribution in [2.45, 2.75) is 71.4 Å². The maximum atomic E-state index is 13.6. The number of nitrogens with zero attached hydrogens (tertiary/aromatic N) is 4. The molecular weight excluding hydrogens is 551 g/mol. The molecular formula is C32H39N5O2S2. The molecule has 2 aliphatic rings. The second-order valence-electron chi connectivity index (χ2n) is 12.7. The van der Waals surface area contributed by atoms with Crippen molar-refractivity contribution in [3.05, 3.63) is 63.7 Å². The lowest BCUT2D eigenvalue weighted by Crippen LogP contribution is -2.38. The van der Waals surface area contributed by atoms with E-state index in [1.54, 1.807) is 0 Å². The molecule has 2 N–H and O–H groups in total. The van der Waals surface area contributed by atoms with E-state index in [1.165, 1.54) is 34.1 Å². The van der Waals surface area contributed by atoms with Crippen LogP contribution in [0.15, 0.2) is 41.9 Å². The summed E-state index contributed by atoms with van der Waals surface area (Å²) in [7, 11) is 0. The van der Waals surface area contributed by atoms with Crippen molar-refractivity contribution in [2.24, 2.45) is 11.3 Å².